The van der Waals surface area contributed by atoms with E-state index in [1.165, 1.54) is 34.0 Å². The summed E-state index contributed by atoms with van der Waals surface area (Å²) in [7, 11) is -2.97. The van der Waals surface area contributed by atoms with Gasteiger partial charge in [0.05, 0.1) is 19.9 Å². The Labute approximate surface area is 241 Å². The zero-order chi connectivity index (χ0) is 29.2. The van der Waals surface area contributed by atoms with Crippen molar-refractivity contribution in [3.8, 4) is 17.2 Å². The minimum absolute atomic E-state index is 0.757. The van der Waals surface area contributed by atoms with E-state index in [1.807, 2.05) is 35.1 Å². The van der Waals surface area contributed by atoms with Crippen LogP contribution < -0.4 is 9.47 Å². The van der Waals surface area contributed by atoms with E-state index in [0.29, 0.717) is 0 Å². The van der Waals surface area contributed by atoms with E-state index in [-0.39, 0.29) is 0 Å². The second-order valence-corrected chi connectivity index (χ2v) is 10.8. The van der Waals surface area contributed by atoms with Crippen LogP contribution in [0.4, 0.5) is 0 Å². The molecule has 10 nitrogen and oxygen atoms in total. The maximum absolute atomic E-state index is 8.74. The molecule has 2 aromatic carbocycles. The van der Waals surface area contributed by atoms with E-state index in [0.717, 1.165) is 69.1 Å². The molecule has 3 N–H and O–H groups in total. The Balaban J connectivity index is 0.000000714. The first-order chi connectivity index (χ1) is 19.7. The molecule has 220 valence electrons. The van der Waals surface area contributed by atoms with Crippen LogP contribution in [0.3, 0.4) is 0 Å². The molecule has 5 rings (SSSR count). The number of hydrogen-bond acceptors (Lipinski definition) is 6. The van der Waals surface area contributed by atoms with Crippen LogP contribution in [-0.4, -0.2) is 70.5 Å². The Hall–Kier alpha value is -3.64. The van der Waals surface area contributed by atoms with Crippen molar-refractivity contribution in [1.82, 2.24) is 19.7 Å². The van der Waals surface area contributed by atoms with Crippen molar-refractivity contribution in [2.45, 2.75) is 39.0 Å². The lowest BCUT2D eigenvalue weighted by Crippen LogP contribution is -2.29. The molecule has 11 heteroatoms. The number of hydrogen-bond donors (Lipinski definition) is 3. The van der Waals surface area contributed by atoms with Crippen LogP contribution >= 0.6 is 0 Å². The van der Waals surface area contributed by atoms with E-state index in [4.69, 9.17) is 27.0 Å². The van der Waals surface area contributed by atoms with Crippen molar-refractivity contribution >= 4 is 26.9 Å². The summed E-state index contributed by atoms with van der Waals surface area (Å²) in [4.78, 5) is 5.99. The summed E-state index contributed by atoms with van der Waals surface area (Å²) in [5, 5.41) is 5.81. The molecule has 3 heterocycles. The molecular weight excluding hydrogens is 544 g/mol. The van der Waals surface area contributed by atoms with Crippen molar-refractivity contribution in [3.63, 3.8) is 0 Å². The molecule has 4 aromatic rings. The SMILES string of the molecule is CCCOc1ccc2[nH]cc(C3=CCN(CCCCc4cnn(-c5ccccc5OC)c4)CC3)c2c1.O=S(=O)(O)O. The molecule has 41 heavy (non-hydrogen) atoms. The zero-order valence-corrected chi connectivity index (χ0v) is 24.3. The van der Waals surface area contributed by atoms with Gasteiger partial charge in [-0.15, -0.1) is 0 Å². The molecule has 0 saturated carbocycles. The summed E-state index contributed by atoms with van der Waals surface area (Å²) in [6.07, 6.45) is 14.1. The van der Waals surface area contributed by atoms with Crippen LogP contribution in [0.2, 0.25) is 0 Å². The number of fused-ring (bicyclic) bond motifs is 1. The van der Waals surface area contributed by atoms with Crippen LogP contribution in [0, 0.1) is 0 Å². The predicted molar refractivity (Wildman–Crippen MR) is 160 cm³/mol. The molecule has 1 aliphatic heterocycles. The van der Waals surface area contributed by atoms with Crippen molar-refractivity contribution in [3.05, 3.63) is 78.3 Å². The summed E-state index contributed by atoms with van der Waals surface area (Å²) >= 11 is 0. The molecule has 0 radical (unpaired) electrons. The molecule has 0 spiro atoms. The van der Waals surface area contributed by atoms with Gasteiger partial charge in [-0.05, 0) is 80.1 Å². The number of H-pyrrole nitrogens is 1. The minimum Gasteiger partial charge on any atom is -0.494 e. The lowest BCUT2D eigenvalue weighted by atomic mass is 9.98. The average Bonchev–Trinajstić information content (AvgIpc) is 3.61. The quantitative estimate of drug-likeness (QED) is 0.154. The Morgan fingerprint density at radius 1 is 1.12 bits per heavy atom. The maximum Gasteiger partial charge on any atom is 0.394 e. The van der Waals surface area contributed by atoms with Gasteiger partial charge in [0, 0.05) is 41.9 Å². The first-order valence-electron chi connectivity index (χ1n) is 13.8. The fourth-order valence-electron chi connectivity index (χ4n) is 4.94. The smallest absolute Gasteiger partial charge is 0.394 e. The minimum atomic E-state index is -4.67. The Morgan fingerprint density at radius 2 is 1.93 bits per heavy atom. The van der Waals surface area contributed by atoms with Gasteiger partial charge in [-0.1, -0.05) is 25.1 Å². The third-order valence-corrected chi connectivity index (χ3v) is 6.92. The lowest BCUT2D eigenvalue weighted by Gasteiger charge is -2.26. The summed E-state index contributed by atoms with van der Waals surface area (Å²) in [5.74, 6) is 1.79. The molecule has 0 amide bonds. The van der Waals surface area contributed by atoms with Gasteiger partial charge in [-0.2, -0.15) is 13.5 Å². The third kappa shape index (κ3) is 8.92. The molecule has 0 fully saturated rings. The monoisotopic (exact) mass is 582 g/mol. The summed E-state index contributed by atoms with van der Waals surface area (Å²) in [6, 6.07) is 14.3. The van der Waals surface area contributed by atoms with Gasteiger partial charge in [-0.3, -0.25) is 14.0 Å². The van der Waals surface area contributed by atoms with Crippen molar-refractivity contribution < 1.29 is 27.0 Å². The number of methoxy groups -OCH3 is 1. The standard InChI is InChI=1S/C30H36N4O2.H2O4S/c1-3-18-36-25-11-12-28-26(19-25)27(21-31-28)24-13-16-33(17-14-24)15-7-6-8-23-20-32-34(22-23)29-9-4-5-10-30(29)35-2;1-5(2,3)4/h4-5,9-13,19-22,31H,3,6-8,14-18H2,1-2H3;(H2,1,2,3,4). The molecule has 0 unspecified atom stereocenters. The first kappa shape index (κ1) is 30.3. The van der Waals surface area contributed by atoms with Gasteiger partial charge >= 0.3 is 10.4 Å². The van der Waals surface area contributed by atoms with Crippen LogP contribution in [0.5, 0.6) is 11.5 Å². The van der Waals surface area contributed by atoms with E-state index in [2.05, 4.69) is 58.6 Å². The highest BCUT2D eigenvalue weighted by atomic mass is 32.3. The fraction of sp³-hybridized carbons (Fsp3) is 0.367. The van der Waals surface area contributed by atoms with E-state index >= 15 is 0 Å². The Morgan fingerprint density at radius 3 is 2.66 bits per heavy atom. The van der Waals surface area contributed by atoms with Crippen LogP contribution in [-0.2, 0) is 16.8 Å². The molecule has 0 aliphatic carbocycles. The molecule has 0 saturated heterocycles. The maximum atomic E-state index is 8.74. The highest BCUT2D eigenvalue weighted by molar-refractivity contribution is 7.79. The second kappa shape index (κ2) is 14.3. The number of aromatic nitrogens is 3. The summed E-state index contributed by atoms with van der Waals surface area (Å²) in [6.45, 7) is 6.15. The van der Waals surface area contributed by atoms with E-state index in [9.17, 15) is 0 Å². The number of nitrogens with zero attached hydrogens (tertiary/aromatic N) is 3. The number of benzene rings is 2. The second-order valence-electron chi connectivity index (χ2n) is 9.91. The van der Waals surface area contributed by atoms with Gasteiger partial charge in [0.1, 0.15) is 17.2 Å². The number of ether oxygens (including phenoxy) is 2. The lowest BCUT2D eigenvalue weighted by molar-refractivity contribution is 0.295. The van der Waals surface area contributed by atoms with Crippen LogP contribution in [0.25, 0.3) is 22.2 Å². The van der Waals surface area contributed by atoms with Gasteiger partial charge in [0.2, 0.25) is 0 Å². The highest BCUT2D eigenvalue weighted by Gasteiger charge is 2.16. The third-order valence-electron chi connectivity index (χ3n) is 6.92. The largest absolute Gasteiger partial charge is 0.494 e. The Kier molecular flexibility index (Phi) is 10.6. The number of aryl methyl sites for hydroxylation is 1. The van der Waals surface area contributed by atoms with Crippen molar-refractivity contribution in [2.24, 2.45) is 0 Å². The molecular formula is C30H38N4O6S. The van der Waals surface area contributed by atoms with Crippen molar-refractivity contribution in [2.75, 3.05) is 33.4 Å². The molecule has 1 aliphatic rings. The number of aromatic amines is 1. The van der Waals surface area contributed by atoms with Gasteiger partial charge in [-0.25, -0.2) is 4.68 Å². The van der Waals surface area contributed by atoms with Gasteiger partial charge < -0.3 is 14.5 Å². The topological polar surface area (TPSA) is 130 Å². The summed E-state index contributed by atoms with van der Waals surface area (Å²) < 4.78 is 44.8. The average molecular weight is 583 g/mol. The van der Waals surface area contributed by atoms with Crippen molar-refractivity contribution in [1.29, 1.82) is 0 Å². The zero-order valence-electron chi connectivity index (χ0n) is 23.5. The van der Waals surface area contributed by atoms with E-state index in [1.54, 1.807) is 7.11 Å². The van der Waals surface area contributed by atoms with E-state index < -0.39 is 10.4 Å². The molecule has 2 aromatic heterocycles. The Bertz CT molecular complexity index is 1550. The van der Waals surface area contributed by atoms with Crippen LogP contribution in [0.1, 0.15) is 43.7 Å². The number of rotatable bonds is 11. The number of para-hydroxylation sites is 2. The fourth-order valence-corrected chi connectivity index (χ4v) is 4.94. The predicted octanol–water partition coefficient (Wildman–Crippen LogP) is 5.61. The first-order valence-corrected chi connectivity index (χ1v) is 15.2. The highest BCUT2D eigenvalue weighted by Crippen LogP contribution is 2.31. The normalized spacial score (nSPS) is 13.9. The van der Waals surface area contributed by atoms with Gasteiger partial charge in [0.25, 0.3) is 0 Å². The van der Waals surface area contributed by atoms with Crippen LogP contribution in [0.15, 0.2) is 67.1 Å². The van der Waals surface area contributed by atoms with Gasteiger partial charge in [0.15, 0.2) is 0 Å². The summed E-state index contributed by atoms with van der Waals surface area (Å²) in [5.41, 5.74) is 6.17. The molecule has 0 bridgehead atoms. The number of nitrogens with one attached hydrogen (secondary N) is 1. The number of unbranched alkanes of at least 4 members (excludes halogenated alkanes) is 1. The molecule has 0 atom stereocenters.